The monoisotopic (exact) mass is 296 g/mol. The summed E-state index contributed by atoms with van der Waals surface area (Å²) in [5.41, 5.74) is 9.18. The van der Waals surface area contributed by atoms with E-state index in [4.69, 9.17) is 10.6 Å². The minimum absolute atomic E-state index is 0.220. The standard InChI is InChI=1S/C16H16N4O2/c1-10(21)22-20-15-8-12(11-5-3-2-4-6-11)7-14-13(15)9-18-16(17)19-14/h2-6,9,12H,7-8H2,1H3,(H2,17,18,19). The molecule has 0 aliphatic heterocycles. The van der Waals surface area contributed by atoms with Crippen molar-refractivity contribution in [2.75, 3.05) is 5.73 Å². The van der Waals surface area contributed by atoms with E-state index in [1.54, 1.807) is 6.20 Å². The highest BCUT2D eigenvalue weighted by Gasteiger charge is 2.27. The molecule has 0 saturated heterocycles. The van der Waals surface area contributed by atoms with Crippen LogP contribution in [0.1, 0.15) is 36.1 Å². The van der Waals surface area contributed by atoms with Crippen LogP contribution in [-0.4, -0.2) is 21.6 Å². The molecule has 1 aromatic carbocycles. The van der Waals surface area contributed by atoms with Crippen LogP contribution in [0.3, 0.4) is 0 Å². The summed E-state index contributed by atoms with van der Waals surface area (Å²) in [6.45, 7) is 1.32. The summed E-state index contributed by atoms with van der Waals surface area (Å²) in [5.74, 6) is 0.00357. The molecule has 2 N–H and O–H groups in total. The minimum Gasteiger partial charge on any atom is -0.368 e. The van der Waals surface area contributed by atoms with E-state index in [1.807, 2.05) is 18.2 Å². The predicted molar refractivity (Wildman–Crippen MR) is 82.3 cm³/mol. The van der Waals surface area contributed by atoms with Gasteiger partial charge in [0, 0.05) is 25.1 Å². The molecule has 0 bridgehead atoms. The average molecular weight is 296 g/mol. The van der Waals surface area contributed by atoms with Gasteiger partial charge in [-0.3, -0.25) is 0 Å². The first kappa shape index (κ1) is 14.2. The number of nitrogens with zero attached hydrogens (tertiary/aromatic N) is 3. The topological polar surface area (TPSA) is 90.5 Å². The zero-order valence-electron chi connectivity index (χ0n) is 12.2. The van der Waals surface area contributed by atoms with Crippen molar-refractivity contribution >= 4 is 17.6 Å². The van der Waals surface area contributed by atoms with Crippen molar-refractivity contribution in [3.63, 3.8) is 0 Å². The van der Waals surface area contributed by atoms with Crippen LogP contribution >= 0.6 is 0 Å². The number of nitrogens with two attached hydrogens (primary N) is 1. The van der Waals surface area contributed by atoms with Crippen molar-refractivity contribution in [1.82, 2.24) is 9.97 Å². The molecule has 1 heterocycles. The molecule has 3 rings (SSSR count). The Kier molecular flexibility index (Phi) is 3.82. The molecule has 0 amide bonds. The van der Waals surface area contributed by atoms with Crippen molar-refractivity contribution in [3.05, 3.63) is 53.3 Å². The Balaban J connectivity index is 2.00. The number of hydrogen-bond donors (Lipinski definition) is 1. The number of benzene rings is 1. The van der Waals surface area contributed by atoms with Crippen LogP contribution < -0.4 is 5.73 Å². The van der Waals surface area contributed by atoms with Gasteiger partial charge in [-0.05, 0) is 17.9 Å². The Morgan fingerprint density at radius 2 is 2.09 bits per heavy atom. The first-order valence-electron chi connectivity index (χ1n) is 7.04. The second kappa shape index (κ2) is 5.93. The fourth-order valence-electron chi connectivity index (χ4n) is 2.64. The lowest BCUT2D eigenvalue weighted by molar-refractivity contribution is -0.140. The number of carbonyl (C=O) groups excluding carboxylic acids is 1. The van der Waals surface area contributed by atoms with Crippen LogP contribution in [0.4, 0.5) is 5.95 Å². The molecule has 6 nitrogen and oxygen atoms in total. The SMILES string of the molecule is CC(=O)ON=C1CC(c2ccccc2)Cc2nc(N)ncc21. The maximum absolute atomic E-state index is 11.0. The molecule has 0 radical (unpaired) electrons. The molecule has 0 spiro atoms. The van der Waals surface area contributed by atoms with Crippen LogP contribution in [0.5, 0.6) is 0 Å². The normalized spacial score (nSPS) is 18.8. The van der Waals surface area contributed by atoms with Crippen LogP contribution in [0.15, 0.2) is 41.7 Å². The van der Waals surface area contributed by atoms with Gasteiger partial charge in [-0.1, -0.05) is 35.5 Å². The van der Waals surface area contributed by atoms with Gasteiger partial charge in [-0.15, -0.1) is 0 Å². The van der Waals surface area contributed by atoms with E-state index >= 15 is 0 Å². The van der Waals surface area contributed by atoms with E-state index in [0.717, 1.165) is 17.7 Å². The Morgan fingerprint density at radius 1 is 1.32 bits per heavy atom. The van der Waals surface area contributed by atoms with Crippen molar-refractivity contribution in [2.24, 2.45) is 5.16 Å². The van der Waals surface area contributed by atoms with Crippen LogP contribution in [0, 0.1) is 0 Å². The third-order valence-corrected chi connectivity index (χ3v) is 3.63. The van der Waals surface area contributed by atoms with E-state index in [0.29, 0.717) is 12.1 Å². The molecular formula is C16H16N4O2. The highest BCUT2D eigenvalue weighted by atomic mass is 16.7. The van der Waals surface area contributed by atoms with Crippen molar-refractivity contribution in [2.45, 2.75) is 25.7 Å². The number of nitrogen functional groups attached to an aromatic ring is 1. The lowest BCUT2D eigenvalue weighted by atomic mass is 9.82. The zero-order valence-corrected chi connectivity index (χ0v) is 12.2. The lowest BCUT2D eigenvalue weighted by Gasteiger charge is -2.24. The fourth-order valence-corrected chi connectivity index (χ4v) is 2.64. The molecule has 1 aromatic heterocycles. The highest BCUT2D eigenvalue weighted by molar-refractivity contribution is 6.02. The number of fused-ring (bicyclic) bond motifs is 1. The second-order valence-electron chi connectivity index (χ2n) is 5.23. The predicted octanol–water partition coefficient (Wildman–Crippen LogP) is 2.06. The summed E-state index contributed by atoms with van der Waals surface area (Å²) in [5, 5.41) is 3.98. The molecule has 1 aliphatic rings. The first-order chi connectivity index (χ1) is 10.6. The number of anilines is 1. The number of rotatable bonds is 2. The number of oxime groups is 1. The van der Waals surface area contributed by atoms with Crippen LogP contribution in [0.25, 0.3) is 0 Å². The van der Waals surface area contributed by atoms with Gasteiger partial charge < -0.3 is 10.6 Å². The fraction of sp³-hybridized carbons (Fsp3) is 0.250. The molecule has 112 valence electrons. The number of carbonyl (C=O) groups is 1. The van der Waals surface area contributed by atoms with Crippen molar-refractivity contribution < 1.29 is 9.63 Å². The molecule has 0 saturated carbocycles. The highest BCUT2D eigenvalue weighted by Crippen LogP contribution is 2.32. The van der Waals surface area contributed by atoms with Crippen LogP contribution in [0.2, 0.25) is 0 Å². The smallest absolute Gasteiger partial charge is 0.331 e. The first-order valence-corrected chi connectivity index (χ1v) is 7.04. The summed E-state index contributed by atoms with van der Waals surface area (Å²) in [6.07, 6.45) is 3.06. The van der Waals surface area contributed by atoms with Gasteiger partial charge in [0.2, 0.25) is 5.95 Å². The minimum atomic E-state index is -0.452. The van der Waals surface area contributed by atoms with Gasteiger partial charge >= 0.3 is 5.97 Å². The summed E-state index contributed by atoms with van der Waals surface area (Å²) in [4.78, 5) is 24.2. The van der Waals surface area contributed by atoms with E-state index in [-0.39, 0.29) is 11.9 Å². The average Bonchev–Trinajstić information content (AvgIpc) is 2.52. The molecule has 22 heavy (non-hydrogen) atoms. The molecule has 1 aliphatic carbocycles. The number of hydrogen-bond acceptors (Lipinski definition) is 6. The maximum Gasteiger partial charge on any atom is 0.331 e. The Morgan fingerprint density at radius 3 is 2.82 bits per heavy atom. The summed E-state index contributed by atoms with van der Waals surface area (Å²) in [6, 6.07) is 10.1. The Hall–Kier alpha value is -2.76. The van der Waals surface area contributed by atoms with Gasteiger partial charge in [-0.2, -0.15) is 0 Å². The molecule has 6 heteroatoms. The van der Waals surface area contributed by atoms with E-state index in [1.165, 1.54) is 12.5 Å². The third kappa shape index (κ3) is 2.95. The van der Waals surface area contributed by atoms with E-state index < -0.39 is 5.97 Å². The second-order valence-corrected chi connectivity index (χ2v) is 5.23. The summed E-state index contributed by atoms with van der Waals surface area (Å²) < 4.78 is 0. The molecule has 2 aromatic rings. The quantitative estimate of drug-likeness (QED) is 0.676. The van der Waals surface area contributed by atoms with Gasteiger partial charge in [0.25, 0.3) is 0 Å². The Labute approximate surface area is 128 Å². The molecule has 0 fully saturated rings. The largest absolute Gasteiger partial charge is 0.368 e. The van der Waals surface area contributed by atoms with E-state index in [9.17, 15) is 4.79 Å². The molecule has 1 unspecified atom stereocenters. The lowest BCUT2D eigenvalue weighted by Crippen LogP contribution is -2.22. The van der Waals surface area contributed by atoms with Gasteiger partial charge in [-0.25, -0.2) is 14.8 Å². The third-order valence-electron chi connectivity index (χ3n) is 3.63. The zero-order chi connectivity index (χ0) is 15.5. The molecular weight excluding hydrogens is 280 g/mol. The summed E-state index contributed by atoms with van der Waals surface area (Å²) >= 11 is 0. The van der Waals surface area contributed by atoms with Crippen molar-refractivity contribution in [1.29, 1.82) is 0 Å². The maximum atomic E-state index is 11.0. The van der Waals surface area contributed by atoms with Gasteiger partial charge in [0.05, 0.1) is 11.4 Å². The van der Waals surface area contributed by atoms with Gasteiger partial charge in [0.15, 0.2) is 0 Å². The Bertz CT molecular complexity index is 728. The van der Waals surface area contributed by atoms with E-state index in [2.05, 4.69) is 27.3 Å². The number of aromatic nitrogens is 2. The molecule has 1 atom stereocenters. The van der Waals surface area contributed by atoms with Gasteiger partial charge in [0.1, 0.15) is 0 Å². The van der Waals surface area contributed by atoms with Crippen molar-refractivity contribution in [3.8, 4) is 0 Å². The van der Waals surface area contributed by atoms with Crippen LogP contribution in [-0.2, 0) is 16.1 Å². The summed E-state index contributed by atoms with van der Waals surface area (Å²) in [7, 11) is 0.